The van der Waals surface area contributed by atoms with Crippen LogP contribution in [0.4, 0.5) is 0 Å². The van der Waals surface area contributed by atoms with Gasteiger partial charge in [-0.15, -0.1) is 0 Å². The molecular weight excluding hydrogens is 254 g/mol. The molecule has 21 heavy (non-hydrogen) atoms. The molecule has 0 radical (unpaired) electrons. The first kappa shape index (κ1) is 19.9. The lowest BCUT2D eigenvalue weighted by Gasteiger charge is -2.15. The Balaban J connectivity index is 0.00000191. The van der Waals surface area contributed by atoms with E-state index >= 15 is 0 Å². The maximum absolute atomic E-state index is 2.39. The lowest BCUT2D eigenvalue weighted by atomic mass is 10.0. The second kappa shape index (κ2) is 11.6. The van der Waals surface area contributed by atoms with Gasteiger partial charge in [0.2, 0.25) is 0 Å². The third kappa shape index (κ3) is 8.72. The summed E-state index contributed by atoms with van der Waals surface area (Å²) in [6.45, 7) is 15.2. The van der Waals surface area contributed by atoms with Gasteiger partial charge in [0.15, 0.2) is 0 Å². The van der Waals surface area contributed by atoms with E-state index in [1.165, 1.54) is 36.1 Å². The Bertz CT molecular complexity index is 404. The second-order valence-corrected chi connectivity index (χ2v) is 5.99. The number of rotatable bonds is 7. The summed E-state index contributed by atoms with van der Waals surface area (Å²) < 4.78 is 0. The minimum Gasteiger partial charge on any atom is -0.303 e. The van der Waals surface area contributed by atoms with E-state index in [2.05, 4.69) is 70.0 Å². The maximum Gasteiger partial charge on any atom is 0.0163 e. The van der Waals surface area contributed by atoms with E-state index in [1.54, 1.807) is 0 Å². The van der Waals surface area contributed by atoms with Gasteiger partial charge in [-0.1, -0.05) is 58.0 Å². The fourth-order valence-corrected chi connectivity index (χ4v) is 2.17. The number of likely N-dealkylation sites (N-methyl/N-ethyl adjacent to an activating group) is 1. The molecule has 1 rings (SSSR count). The molecule has 1 aromatic rings. The molecule has 0 aliphatic carbocycles. The van der Waals surface area contributed by atoms with Gasteiger partial charge in [-0.3, -0.25) is 0 Å². The molecule has 1 heteroatoms. The summed E-state index contributed by atoms with van der Waals surface area (Å²) >= 11 is 0. The summed E-state index contributed by atoms with van der Waals surface area (Å²) in [4.78, 5) is 2.39. The van der Waals surface area contributed by atoms with Gasteiger partial charge in [0.1, 0.15) is 0 Å². The molecule has 0 aliphatic rings. The quantitative estimate of drug-likeness (QED) is 0.621. The minimum absolute atomic E-state index is 0.818. The number of aryl methyl sites for hydroxylation is 1. The number of nitrogens with zero attached hydrogens (tertiary/aromatic N) is 1. The van der Waals surface area contributed by atoms with Crippen molar-refractivity contribution in [3.63, 3.8) is 0 Å². The molecule has 0 heterocycles. The van der Waals surface area contributed by atoms with E-state index in [-0.39, 0.29) is 0 Å². The number of benzene rings is 1. The minimum atomic E-state index is 0.818. The summed E-state index contributed by atoms with van der Waals surface area (Å²) in [5.41, 5.74) is 4.10. The average Bonchev–Trinajstić information content (AvgIpc) is 2.45. The van der Waals surface area contributed by atoms with Crippen LogP contribution in [0.5, 0.6) is 0 Å². The highest BCUT2D eigenvalue weighted by Crippen LogP contribution is 2.14. The van der Waals surface area contributed by atoms with Crippen molar-refractivity contribution in [2.45, 2.75) is 54.4 Å². The van der Waals surface area contributed by atoms with Crippen molar-refractivity contribution in [3.8, 4) is 0 Å². The predicted octanol–water partition coefficient (Wildman–Crippen LogP) is 5.71. The molecular formula is C20H35N. The lowest BCUT2D eigenvalue weighted by Crippen LogP contribution is -2.19. The van der Waals surface area contributed by atoms with Gasteiger partial charge in [-0.2, -0.15) is 0 Å². The third-order valence-corrected chi connectivity index (χ3v) is 3.68. The van der Waals surface area contributed by atoms with Crippen molar-refractivity contribution in [1.82, 2.24) is 4.90 Å². The maximum atomic E-state index is 2.39. The molecule has 0 bridgehead atoms. The van der Waals surface area contributed by atoms with Crippen LogP contribution in [-0.2, 0) is 0 Å². The van der Waals surface area contributed by atoms with Crippen LogP contribution < -0.4 is 0 Å². The Morgan fingerprint density at radius 2 is 1.81 bits per heavy atom. The Morgan fingerprint density at radius 1 is 1.14 bits per heavy atom. The summed E-state index contributed by atoms with van der Waals surface area (Å²) in [6.07, 6.45) is 7.15. The molecule has 0 unspecified atom stereocenters. The molecule has 0 atom stereocenters. The largest absolute Gasteiger partial charge is 0.303 e. The Labute approximate surface area is 133 Å². The Hall–Kier alpha value is -1.08. The van der Waals surface area contributed by atoms with Crippen LogP contribution in [0.2, 0.25) is 0 Å². The van der Waals surface area contributed by atoms with E-state index in [4.69, 9.17) is 0 Å². The first-order chi connectivity index (χ1) is 10.0. The van der Waals surface area contributed by atoms with Gasteiger partial charge >= 0.3 is 0 Å². The number of hydrogen-bond acceptors (Lipinski definition) is 1. The van der Waals surface area contributed by atoms with Crippen LogP contribution in [-0.4, -0.2) is 25.0 Å². The smallest absolute Gasteiger partial charge is 0.0163 e. The molecule has 120 valence electrons. The normalized spacial score (nSPS) is 11.1. The van der Waals surface area contributed by atoms with Crippen molar-refractivity contribution in [2.24, 2.45) is 5.92 Å². The molecule has 1 aromatic carbocycles. The highest BCUT2D eigenvalue weighted by Gasteiger charge is 1.99. The molecule has 0 aromatic heterocycles. The molecule has 0 fully saturated rings. The standard InChI is InChI=1S/C18H29N.C2H6/c1-15(2)9-7-13-19(5)14-8-12-18-11-6-10-16(3)17(18)4;1-2/h6,8,10-12,15H,7,9,13-14H2,1-5H3;1-2H3/b12-8+;. The monoisotopic (exact) mass is 289 g/mol. The topological polar surface area (TPSA) is 3.24 Å². The van der Waals surface area contributed by atoms with Gasteiger partial charge in [-0.05, 0) is 62.9 Å². The van der Waals surface area contributed by atoms with Crippen molar-refractivity contribution in [3.05, 3.63) is 41.0 Å². The molecule has 1 nitrogen and oxygen atoms in total. The molecule has 0 aliphatic heterocycles. The zero-order valence-electron chi connectivity index (χ0n) is 15.2. The van der Waals surface area contributed by atoms with Crippen molar-refractivity contribution in [1.29, 1.82) is 0 Å². The molecule has 0 spiro atoms. The van der Waals surface area contributed by atoms with Crippen molar-refractivity contribution >= 4 is 6.08 Å². The van der Waals surface area contributed by atoms with Gasteiger partial charge in [0, 0.05) is 6.54 Å². The molecule has 0 N–H and O–H groups in total. The highest BCUT2D eigenvalue weighted by molar-refractivity contribution is 5.55. The van der Waals surface area contributed by atoms with Crippen LogP contribution in [0.25, 0.3) is 6.08 Å². The zero-order valence-corrected chi connectivity index (χ0v) is 15.2. The predicted molar refractivity (Wildman–Crippen MR) is 97.9 cm³/mol. The first-order valence-corrected chi connectivity index (χ1v) is 8.42. The van der Waals surface area contributed by atoms with Crippen molar-refractivity contribution in [2.75, 3.05) is 20.1 Å². The van der Waals surface area contributed by atoms with Crippen LogP contribution in [0, 0.1) is 19.8 Å². The van der Waals surface area contributed by atoms with Crippen LogP contribution in [0.1, 0.15) is 57.2 Å². The fourth-order valence-electron chi connectivity index (χ4n) is 2.17. The van der Waals surface area contributed by atoms with Gasteiger partial charge in [0.05, 0.1) is 0 Å². The average molecular weight is 290 g/mol. The summed E-state index contributed by atoms with van der Waals surface area (Å²) in [6, 6.07) is 6.50. The van der Waals surface area contributed by atoms with Crippen molar-refractivity contribution < 1.29 is 0 Å². The third-order valence-electron chi connectivity index (χ3n) is 3.68. The molecule has 0 saturated heterocycles. The molecule has 0 amide bonds. The van der Waals surface area contributed by atoms with Crippen LogP contribution in [0.15, 0.2) is 24.3 Å². The van der Waals surface area contributed by atoms with Gasteiger partial charge < -0.3 is 4.90 Å². The molecule has 0 saturated carbocycles. The zero-order chi connectivity index (χ0) is 16.3. The van der Waals surface area contributed by atoms with E-state index in [9.17, 15) is 0 Å². The highest BCUT2D eigenvalue weighted by atomic mass is 15.1. The Kier molecular flexibility index (Phi) is 11.0. The Morgan fingerprint density at radius 3 is 2.43 bits per heavy atom. The van der Waals surface area contributed by atoms with Gasteiger partial charge in [0.25, 0.3) is 0 Å². The van der Waals surface area contributed by atoms with E-state index in [0.717, 1.165) is 12.5 Å². The van der Waals surface area contributed by atoms with E-state index < -0.39 is 0 Å². The summed E-state index contributed by atoms with van der Waals surface area (Å²) in [5, 5.41) is 0. The van der Waals surface area contributed by atoms with Crippen LogP contribution >= 0.6 is 0 Å². The van der Waals surface area contributed by atoms with Crippen LogP contribution in [0.3, 0.4) is 0 Å². The lowest BCUT2D eigenvalue weighted by molar-refractivity contribution is 0.348. The van der Waals surface area contributed by atoms with E-state index in [1.807, 2.05) is 13.8 Å². The SMILES string of the molecule is CC.Cc1cccc(/C=C/CN(C)CCCC(C)C)c1C. The summed E-state index contributed by atoms with van der Waals surface area (Å²) in [5.74, 6) is 0.818. The van der Waals surface area contributed by atoms with Gasteiger partial charge in [-0.25, -0.2) is 0 Å². The second-order valence-electron chi connectivity index (χ2n) is 5.99. The first-order valence-electron chi connectivity index (χ1n) is 8.42. The fraction of sp³-hybridized carbons (Fsp3) is 0.600. The number of hydrogen-bond donors (Lipinski definition) is 0. The van der Waals surface area contributed by atoms with E-state index in [0.29, 0.717) is 0 Å². The summed E-state index contributed by atoms with van der Waals surface area (Å²) in [7, 11) is 2.20.